The molecule has 1 heterocycles. The summed E-state index contributed by atoms with van der Waals surface area (Å²) in [5.74, 6) is -0.707. The highest BCUT2D eigenvalue weighted by molar-refractivity contribution is 6.02. The average molecular weight is 316 g/mol. The molecule has 3 rings (SSSR count). The molecule has 0 bridgehead atoms. The molecule has 1 aromatic carbocycles. The van der Waals surface area contributed by atoms with Crippen LogP contribution in [0.4, 0.5) is 5.69 Å². The Hall–Kier alpha value is -2.34. The lowest BCUT2D eigenvalue weighted by atomic mass is 9.79. The van der Waals surface area contributed by atoms with Crippen molar-refractivity contribution in [3.05, 3.63) is 36.4 Å². The van der Waals surface area contributed by atoms with E-state index >= 15 is 0 Å². The molecule has 23 heavy (non-hydrogen) atoms. The van der Waals surface area contributed by atoms with Crippen LogP contribution in [0.1, 0.15) is 29.6 Å². The van der Waals surface area contributed by atoms with Crippen LogP contribution in [-0.2, 0) is 9.53 Å². The van der Waals surface area contributed by atoms with Gasteiger partial charge in [0.1, 0.15) is 5.75 Å². The third kappa shape index (κ3) is 3.07. The lowest BCUT2D eigenvalue weighted by Crippen LogP contribution is -2.57. The van der Waals surface area contributed by atoms with E-state index in [1.54, 1.807) is 11.0 Å². The Kier molecular flexibility index (Phi) is 4.09. The number of carbonyl (C=O) groups is 2. The maximum absolute atomic E-state index is 12.7. The number of ether oxygens (including phenoxy) is 1. The summed E-state index contributed by atoms with van der Waals surface area (Å²) in [4.78, 5) is 25.8. The topological polar surface area (TPSA) is 78.9 Å². The van der Waals surface area contributed by atoms with Gasteiger partial charge in [-0.1, -0.05) is 6.58 Å². The molecule has 1 aliphatic carbocycles. The number of phenols is 1. The highest BCUT2D eigenvalue weighted by Crippen LogP contribution is 2.38. The van der Waals surface area contributed by atoms with Crippen molar-refractivity contribution in [3.63, 3.8) is 0 Å². The number of anilines is 1. The van der Waals surface area contributed by atoms with Crippen molar-refractivity contribution >= 4 is 17.5 Å². The maximum atomic E-state index is 12.7. The minimum Gasteiger partial charge on any atom is -0.507 e. The van der Waals surface area contributed by atoms with Crippen molar-refractivity contribution in [2.24, 2.45) is 0 Å². The predicted molar refractivity (Wildman–Crippen MR) is 85.4 cm³/mol. The minimum atomic E-state index is -0.367. The zero-order chi connectivity index (χ0) is 16.4. The molecule has 0 atom stereocenters. The van der Waals surface area contributed by atoms with E-state index in [4.69, 9.17) is 4.74 Å². The van der Waals surface area contributed by atoms with Gasteiger partial charge in [0.05, 0.1) is 24.3 Å². The summed E-state index contributed by atoms with van der Waals surface area (Å²) in [7, 11) is 0. The van der Waals surface area contributed by atoms with Crippen LogP contribution in [0.15, 0.2) is 30.9 Å². The normalized spacial score (nSPS) is 19.0. The van der Waals surface area contributed by atoms with Crippen LogP contribution < -0.4 is 5.32 Å². The van der Waals surface area contributed by atoms with Crippen LogP contribution >= 0.6 is 0 Å². The van der Waals surface area contributed by atoms with Gasteiger partial charge in [0.2, 0.25) is 5.91 Å². The van der Waals surface area contributed by atoms with Crippen LogP contribution in [-0.4, -0.2) is 47.1 Å². The molecule has 1 aromatic rings. The second kappa shape index (κ2) is 6.04. The highest BCUT2D eigenvalue weighted by atomic mass is 16.5. The lowest BCUT2D eigenvalue weighted by molar-refractivity contribution is -0.142. The quantitative estimate of drug-likeness (QED) is 0.659. The Labute approximate surface area is 134 Å². The molecule has 1 aliphatic heterocycles. The smallest absolute Gasteiger partial charge is 0.257 e. The molecule has 6 heteroatoms. The van der Waals surface area contributed by atoms with Crippen molar-refractivity contribution < 1.29 is 19.4 Å². The van der Waals surface area contributed by atoms with Crippen LogP contribution in [0.2, 0.25) is 0 Å². The van der Waals surface area contributed by atoms with Gasteiger partial charge in [-0.05, 0) is 43.5 Å². The first kappa shape index (κ1) is 15.6. The number of hydrogen-bond acceptors (Lipinski definition) is 4. The molecule has 0 radical (unpaired) electrons. The molecule has 1 saturated heterocycles. The van der Waals surface area contributed by atoms with E-state index in [2.05, 4.69) is 11.9 Å². The first-order valence-corrected chi connectivity index (χ1v) is 7.73. The van der Waals surface area contributed by atoms with Crippen molar-refractivity contribution in [1.82, 2.24) is 4.90 Å². The summed E-state index contributed by atoms with van der Waals surface area (Å²) in [6.45, 7) is 4.95. The van der Waals surface area contributed by atoms with Gasteiger partial charge in [0.15, 0.2) is 0 Å². The van der Waals surface area contributed by atoms with E-state index in [0.717, 1.165) is 25.3 Å². The number of morpholine rings is 1. The van der Waals surface area contributed by atoms with Crippen LogP contribution in [0.25, 0.3) is 0 Å². The highest BCUT2D eigenvalue weighted by Gasteiger charge is 2.43. The first-order valence-electron chi connectivity index (χ1n) is 7.73. The monoisotopic (exact) mass is 316 g/mol. The Morgan fingerprint density at radius 1 is 1.39 bits per heavy atom. The molecule has 6 nitrogen and oxygen atoms in total. The number of hydrogen-bond donors (Lipinski definition) is 2. The van der Waals surface area contributed by atoms with Gasteiger partial charge in [-0.2, -0.15) is 0 Å². The van der Waals surface area contributed by atoms with Gasteiger partial charge in [0, 0.05) is 12.2 Å². The lowest BCUT2D eigenvalue weighted by Gasteiger charge is -2.48. The minimum absolute atomic E-state index is 0.0965. The second-order valence-electron chi connectivity index (χ2n) is 6.04. The van der Waals surface area contributed by atoms with Gasteiger partial charge in [-0.15, -0.1) is 0 Å². The SMILES string of the molecule is C=CC(=O)Nc1ccc(O)c(C(=O)N2CCOC3(CCC3)C2)c1. The van der Waals surface area contributed by atoms with E-state index in [-0.39, 0.29) is 28.7 Å². The third-order valence-electron chi connectivity index (χ3n) is 4.48. The average Bonchev–Trinajstić information content (AvgIpc) is 2.54. The number of nitrogens with one attached hydrogen (secondary N) is 1. The summed E-state index contributed by atoms with van der Waals surface area (Å²) in [5.41, 5.74) is 0.434. The number of aromatic hydroxyl groups is 1. The summed E-state index contributed by atoms with van der Waals surface area (Å²) < 4.78 is 5.81. The van der Waals surface area contributed by atoms with Crippen molar-refractivity contribution in [3.8, 4) is 5.75 Å². The largest absolute Gasteiger partial charge is 0.507 e. The molecule has 0 unspecified atom stereocenters. The Bertz CT molecular complexity index is 652. The molecule has 2 fully saturated rings. The fourth-order valence-corrected chi connectivity index (χ4v) is 3.04. The summed E-state index contributed by atoms with van der Waals surface area (Å²) in [5, 5.41) is 12.6. The first-order chi connectivity index (χ1) is 11.0. The number of amides is 2. The molecule has 2 N–H and O–H groups in total. The Balaban J connectivity index is 1.79. The van der Waals surface area contributed by atoms with E-state index < -0.39 is 0 Å². The van der Waals surface area contributed by atoms with E-state index in [1.165, 1.54) is 12.1 Å². The van der Waals surface area contributed by atoms with E-state index in [9.17, 15) is 14.7 Å². The van der Waals surface area contributed by atoms with Gasteiger partial charge >= 0.3 is 0 Å². The Morgan fingerprint density at radius 2 is 2.17 bits per heavy atom. The molecule has 2 aliphatic rings. The maximum Gasteiger partial charge on any atom is 0.257 e. The van der Waals surface area contributed by atoms with Crippen LogP contribution in [0.3, 0.4) is 0 Å². The molecule has 0 aromatic heterocycles. The molecule has 122 valence electrons. The van der Waals surface area contributed by atoms with Gasteiger partial charge in [0.25, 0.3) is 5.91 Å². The van der Waals surface area contributed by atoms with E-state index in [1.807, 2.05) is 0 Å². The zero-order valence-electron chi connectivity index (χ0n) is 12.9. The van der Waals surface area contributed by atoms with Gasteiger partial charge in [-0.3, -0.25) is 9.59 Å². The fraction of sp³-hybridized carbons (Fsp3) is 0.412. The molecular formula is C17H20N2O4. The standard InChI is InChI=1S/C17H20N2O4/c1-2-15(21)18-12-4-5-14(20)13(10-12)16(22)19-8-9-23-17(11-19)6-3-7-17/h2,4-5,10,20H,1,3,6-9,11H2,(H,18,21). The molecular weight excluding hydrogens is 296 g/mol. The molecule has 1 saturated carbocycles. The molecule has 1 spiro atoms. The second-order valence-corrected chi connectivity index (χ2v) is 6.04. The summed E-state index contributed by atoms with van der Waals surface area (Å²) in [6.07, 6.45) is 4.21. The summed E-state index contributed by atoms with van der Waals surface area (Å²) in [6, 6.07) is 4.44. The van der Waals surface area contributed by atoms with E-state index in [0.29, 0.717) is 25.4 Å². The van der Waals surface area contributed by atoms with Gasteiger partial charge in [-0.25, -0.2) is 0 Å². The number of nitrogens with zero attached hydrogens (tertiary/aromatic N) is 1. The Morgan fingerprint density at radius 3 is 2.83 bits per heavy atom. The van der Waals surface area contributed by atoms with Crippen molar-refractivity contribution in [2.45, 2.75) is 24.9 Å². The van der Waals surface area contributed by atoms with Crippen molar-refractivity contribution in [1.29, 1.82) is 0 Å². The third-order valence-corrected chi connectivity index (χ3v) is 4.48. The number of rotatable bonds is 3. The van der Waals surface area contributed by atoms with Crippen LogP contribution in [0, 0.1) is 0 Å². The van der Waals surface area contributed by atoms with Crippen molar-refractivity contribution in [2.75, 3.05) is 25.0 Å². The van der Waals surface area contributed by atoms with Gasteiger partial charge < -0.3 is 20.1 Å². The number of benzene rings is 1. The number of phenolic OH excluding ortho intramolecular Hbond substituents is 1. The summed E-state index contributed by atoms with van der Waals surface area (Å²) >= 11 is 0. The predicted octanol–water partition coefficient (Wildman–Crippen LogP) is 1.91. The number of carbonyl (C=O) groups excluding carboxylic acids is 2. The molecule has 2 amide bonds. The fourth-order valence-electron chi connectivity index (χ4n) is 3.04. The van der Waals surface area contributed by atoms with Crippen LogP contribution in [0.5, 0.6) is 5.75 Å². The zero-order valence-corrected chi connectivity index (χ0v) is 12.9.